The first-order valence-electron chi connectivity index (χ1n) is 6.31. The first-order valence-corrected chi connectivity index (χ1v) is 6.31. The largest absolute Gasteiger partial charge is 0.335 e. The van der Waals surface area contributed by atoms with Crippen LogP contribution in [0.4, 0.5) is 4.79 Å². The van der Waals surface area contributed by atoms with Gasteiger partial charge in [0.2, 0.25) is 0 Å². The first-order chi connectivity index (χ1) is 7.24. The van der Waals surface area contributed by atoms with Crippen molar-refractivity contribution >= 4 is 6.03 Å². The normalized spacial score (nSPS) is 31.8. The van der Waals surface area contributed by atoms with Gasteiger partial charge in [0.05, 0.1) is 0 Å². The van der Waals surface area contributed by atoms with Gasteiger partial charge in [-0.2, -0.15) is 0 Å². The smallest absolute Gasteiger partial charge is 0.315 e. The Balaban J connectivity index is 1.64. The van der Waals surface area contributed by atoms with Gasteiger partial charge in [-0.05, 0) is 50.9 Å². The number of hydrogen-bond acceptors (Lipinski definition) is 1. The molecule has 0 atom stereocenters. The maximum absolute atomic E-state index is 11.6. The molecule has 2 rings (SSSR count). The molecule has 0 saturated heterocycles. The second-order valence-corrected chi connectivity index (χ2v) is 5.20. The molecule has 0 aromatic rings. The zero-order valence-corrected chi connectivity index (χ0v) is 9.59. The number of nitrogens with one attached hydrogen (secondary N) is 2. The van der Waals surface area contributed by atoms with Crippen LogP contribution in [0.15, 0.2) is 0 Å². The predicted molar refractivity (Wildman–Crippen MR) is 60.7 cm³/mol. The molecule has 2 saturated carbocycles. The van der Waals surface area contributed by atoms with Crippen LogP contribution in [-0.4, -0.2) is 18.1 Å². The number of hydrogen-bond donors (Lipinski definition) is 2. The number of carbonyl (C=O) groups excluding carboxylic acids is 1. The Bertz CT molecular complexity index is 218. The second kappa shape index (κ2) is 4.86. The molecule has 0 heterocycles. The van der Waals surface area contributed by atoms with Crippen LogP contribution in [0.1, 0.15) is 51.9 Å². The molecular formula is C12H22N2O. The summed E-state index contributed by atoms with van der Waals surface area (Å²) in [6, 6.07) is 0.924. The Morgan fingerprint density at radius 2 is 1.47 bits per heavy atom. The highest BCUT2D eigenvalue weighted by atomic mass is 16.2. The number of urea groups is 1. The summed E-state index contributed by atoms with van der Waals surface area (Å²) in [6.07, 6.45) is 8.41. The van der Waals surface area contributed by atoms with E-state index in [-0.39, 0.29) is 6.03 Å². The summed E-state index contributed by atoms with van der Waals surface area (Å²) in [6.45, 7) is 2.30. The Morgan fingerprint density at radius 1 is 0.933 bits per heavy atom. The molecule has 3 heteroatoms. The van der Waals surface area contributed by atoms with E-state index in [1.165, 1.54) is 19.3 Å². The number of rotatable bonds is 2. The van der Waals surface area contributed by atoms with Crippen molar-refractivity contribution in [2.24, 2.45) is 5.92 Å². The Hall–Kier alpha value is -0.730. The molecule has 86 valence electrons. The summed E-state index contributed by atoms with van der Waals surface area (Å²) in [5.41, 5.74) is 0. The molecule has 0 spiro atoms. The van der Waals surface area contributed by atoms with Crippen molar-refractivity contribution in [3.05, 3.63) is 0 Å². The molecule has 2 aliphatic carbocycles. The van der Waals surface area contributed by atoms with Crippen molar-refractivity contribution in [2.75, 3.05) is 0 Å². The average molecular weight is 210 g/mol. The molecule has 2 N–H and O–H groups in total. The van der Waals surface area contributed by atoms with E-state index in [4.69, 9.17) is 0 Å². The summed E-state index contributed by atoms with van der Waals surface area (Å²) in [5, 5.41) is 6.11. The fourth-order valence-corrected chi connectivity index (χ4v) is 2.37. The van der Waals surface area contributed by atoms with Gasteiger partial charge in [0.1, 0.15) is 0 Å². The van der Waals surface area contributed by atoms with Gasteiger partial charge in [0.25, 0.3) is 0 Å². The standard InChI is InChI=1S/C12H22N2O/c1-9-5-7-11(8-6-9)14-12(15)13-10-3-2-4-10/h9-11H,2-8H2,1H3,(H2,13,14,15). The van der Waals surface area contributed by atoms with Gasteiger partial charge in [-0.25, -0.2) is 4.79 Å². The Labute approximate surface area is 92.0 Å². The van der Waals surface area contributed by atoms with Gasteiger partial charge >= 0.3 is 6.03 Å². The zero-order chi connectivity index (χ0) is 10.7. The van der Waals surface area contributed by atoms with Crippen molar-refractivity contribution in [2.45, 2.75) is 64.0 Å². The SMILES string of the molecule is CC1CCC(NC(=O)NC2CCC2)CC1. The highest BCUT2D eigenvalue weighted by Gasteiger charge is 2.22. The lowest BCUT2D eigenvalue weighted by Crippen LogP contribution is -2.49. The van der Waals surface area contributed by atoms with E-state index in [0.717, 1.165) is 31.6 Å². The molecule has 0 aliphatic heterocycles. The van der Waals surface area contributed by atoms with Crippen LogP contribution in [-0.2, 0) is 0 Å². The van der Waals surface area contributed by atoms with Crippen LogP contribution in [0, 0.1) is 5.92 Å². The van der Waals surface area contributed by atoms with E-state index < -0.39 is 0 Å². The minimum Gasteiger partial charge on any atom is -0.335 e. The lowest BCUT2D eigenvalue weighted by Gasteiger charge is -2.30. The fourth-order valence-electron chi connectivity index (χ4n) is 2.37. The van der Waals surface area contributed by atoms with E-state index >= 15 is 0 Å². The third-order valence-corrected chi connectivity index (χ3v) is 3.79. The molecule has 2 aliphatic rings. The highest BCUT2D eigenvalue weighted by Crippen LogP contribution is 2.23. The van der Waals surface area contributed by atoms with Crippen LogP contribution in [0.3, 0.4) is 0 Å². The third-order valence-electron chi connectivity index (χ3n) is 3.79. The summed E-state index contributed by atoms with van der Waals surface area (Å²) in [4.78, 5) is 11.6. The van der Waals surface area contributed by atoms with Crippen molar-refractivity contribution in [1.29, 1.82) is 0 Å². The lowest BCUT2D eigenvalue weighted by molar-refractivity contribution is 0.217. The van der Waals surface area contributed by atoms with Crippen LogP contribution < -0.4 is 10.6 Å². The van der Waals surface area contributed by atoms with E-state index in [1.54, 1.807) is 0 Å². The molecule has 2 amide bonds. The average Bonchev–Trinajstić information content (AvgIpc) is 2.16. The van der Waals surface area contributed by atoms with Gasteiger partial charge < -0.3 is 10.6 Å². The van der Waals surface area contributed by atoms with Crippen molar-refractivity contribution in [3.63, 3.8) is 0 Å². The van der Waals surface area contributed by atoms with Crippen LogP contribution in [0.5, 0.6) is 0 Å². The van der Waals surface area contributed by atoms with Gasteiger partial charge in [0, 0.05) is 12.1 Å². The summed E-state index contributed by atoms with van der Waals surface area (Å²) in [7, 11) is 0. The van der Waals surface area contributed by atoms with E-state index in [0.29, 0.717) is 12.1 Å². The van der Waals surface area contributed by atoms with Crippen LogP contribution in [0.25, 0.3) is 0 Å². The molecule has 0 aromatic heterocycles. The van der Waals surface area contributed by atoms with Crippen LogP contribution in [0.2, 0.25) is 0 Å². The molecule has 0 radical (unpaired) electrons. The first kappa shape index (κ1) is 10.8. The predicted octanol–water partition coefficient (Wildman–Crippen LogP) is 2.42. The number of carbonyl (C=O) groups is 1. The van der Waals surface area contributed by atoms with Gasteiger partial charge in [-0.15, -0.1) is 0 Å². The zero-order valence-electron chi connectivity index (χ0n) is 9.59. The topological polar surface area (TPSA) is 41.1 Å². The van der Waals surface area contributed by atoms with Gasteiger partial charge in [-0.1, -0.05) is 6.92 Å². The molecule has 0 unspecified atom stereocenters. The molecule has 0 aromatic carbocycles. The maximum Gasteiger partial charge on any atom is 0.315 e. The summed E-state index contributed by atoms with van der Waals surface area (Å²) in [5.74, 6) is 0.845. The number of amides is 2. The molecule has 15 heavy (non-hydrogen) atoms. The molecule has 0 bridgehead atoms. The quantitative estimate of drug-likeness (QED) is 0.722. The van der Waals surface area contributed by atoms with E-state index in [9.17, 15) is 4.79 Å². The molecule has 3 nitrogen and oxygen atoms in total. The highest BCUT2D eigenvalue weighted by molar-refractivity contribution is 5.74. The van der Waals surface area contributed by atoms with Crippen molar-refractivity contribution in [3.8, 4) is 0 Å². The monoisotopic (exact) mass is 210 g/mol. The molecule has 2 fully saturated rings. The third kappa shape index (κ3) is 3.11. The van der Waals surface area contributed by atoms with Gasteiger partial charge in [0.15, 0.2) is 0 Å². The lowest BCUT2D eigenvalue weighted by atomic mass is 9.87. The maximum atomic E-state index is 11.6. The summed E-state index contributed by atoms with van der Waals surface area (Å²) < 4.78 is 0. The van der Waals surface area contributed by atoms with Crippen molar-refractivity contribution in [1.82, 2.24) is 10.6 Å². The van der Waals surface area contributed by atoms with E-state index in [1.807, 2.05) is 0 Å². The van der Waals surface area contributed by atoms with Crippen molar-refractivity contribution < 1.29 is 4.79 Å². The van der Waals surface area contributed by atoms with E-state index in [2.05, 4.69) is 17.6 Å². The Morgan fingerprint density at radius 3 is 1.93 bits per heavy atom. The Kier molecular flexibility index (Phi) is 3.49. The van der Waals surface area contributed by atoms with Crippen LogP contribution >= 0.6 is 0 Å². The van der Waals surface area contributed by atoms with Gasteiger partial charge in [-0.3, -0.25) is 0 Å². The fraction of sp³-hybridized carbons (Fsp3) is 0.917. The minimum absolute atomic E-state index is 0.0549. The minimum atomic E-state index is 0.0549. The summed E-state index contributed by atoms with van der Waals surface area (Å²) >= 11 is 0. The second-order valence-electron chi connectivity index (χ2n) is 5.20. The molecular weight excluding hydrogens is 188 g/mol.